The second-order valence-corrected chi connectivity index (χ2v) is 6.64. The number of hydrogen-bond acceptors (Lipinski definition) is 4. The van der Waals surface area contributed by atoms with Gasteiger partial charge in [0.1, 0.15) is 11.6 Å². The van der Waals surface area contributed by atoms with Gasteiger partial charge in [0.2, 0.25) is 0 Å². The van der Waals surface area contributed by atoms with Crippen LogP contribution in [0.15, 0.2) is 23.2 Å². The van der Waals surface area contributed by atoms with E-state index in [1.165, 1.54) is 6.07 Å². The molecule has 0 fully saturated rings. The van der Waals surface area contributed by atoms with E-state index in [0.29, 0.717) is 12.1 Å². The van der Waals surface area contributed by atoms with E-state index >= 15 is 0 Å². The maximum Gasteiger partial charge on any atom is 0.191 e. The molecule has 0 bridgehead atoms. The Morgan fingerprint density at radius 3 is 2.96 bits per heavy atom. The van der Waals surface area contributed by atoms with E-state index in [2.05, 4.69) is 32.6 Å². The molecule has 154 valence electrons. The molecule has 0 radical (unpaired) electrons. The van der Waals surface area contributed by atoms with E-state index in [1.807, 2.05) is 10.7 Å². The zero-order valence-corrected chi connectivity index (χ0v) is 18.9. The van der Waals surface area contributed by atoms with Crippen molar-refractivity contribution in [3.8, 4) is 0 Å². The van der Waals surface area contributed by atoms with Crippen molar-refractivity contribution in [3.05, 3.63) is 46.8 Å². The Hall–Kier alpha value is -1.75. The van der Waals surface area contributed by atoms with Gasteiger partial charge in [-0.3, -0.25) is 4.99 Å². The van der Waals surface area contributed by atoms with Crippen LogP contribution in [0.25, 0.3) is 0 Å². The average Bonchev–Trinajstić information content (AvgIpc) is 3.10. The van der Waals surface area contributed by atoms with E-state index in [0.717, 1.165) is 49.0 Å². The Labute approximate surface area is 182 Å². The van der Waals surface area contributed by atoms with Crippen molar-refractivity contribution in [2.45, 2.75) is 51.9 Å². The van der Waals surface area contributed by atoms with Gasteiger partial charge < -0.3 is 15.4 Å². The van der Waals surface area contributed by atoms with Crippen LogP contribution in [0.5, 0.6) is 0 Å². The number of nitrogens with zero attached hydrogens (tertiary/aromatic N) is 4. The maximum absolute atomic E-state index is 13.7. The molecule has 0 saturated carbocycles. The summed E-state index contributed by atoms with van der Waals surface area (Å²) in [5, 5.41) is 11.3. The lowest BCUT2D eigenvalue weighted by atomic mass is 10.1. The number of fused-ring (bicyclic) bond motifs is 1. The molecule has 1 unspecified atom stereocenters. The highest BCUT2D eigenvalue weighted by Crippen LogP contribution is 2.14. The first-order valence-corrected chi connectivity index (χ1v) is 9.29. The lowest BCUT2D eigenvalue weighted by molar-refractivity contribution is 0.181. The predicted molar refractivity (Wildman–Crippen MR) is 117 cm³/mol. The molecule has 9 heteroatoms. The molecular weight excluding hydrogens is 474 g/mol. The summed E-state index contributed by atoms with van der Waals surface area (Å²) in [6, 6.07) is 5.30. The minimum Gasteiger partial charge on any atom is -0.380 e. The Bertz CT molecular complexity index is 810. The summed E-state index contributed by atoms with van der Waals surface area (Å²) in [6.45, 7) is 3.65. The second-order valence-electron chi connectivity index (χ2n) is 6.64. The first-order chi connectivity index (χ1) is 13.1. The molecule has 1 aliphatic rings. The number of nitrogens with one attached hydrogen (secondary N) is 2. The van der Waals surface area contributed by atoms with Gasteiger partial charge in [-0.05, 0) is 24.1 Å². The lowest BCUT2D eigenvalue weighted by Gasteiger charge is -2.25. The topological polar surface area (TPSA) is 76.4 Å². The van der Waals surface area contributed by atoms with Crippen LogP contribution in [0.3, 0.4) is 0 Å². The molecule has 1 atom stereocenters. The first-order valence-electron chi connectivity index (χ1n) is 9.29. The van der Waals surface area contributed by atoms with Crippen molar-refractivity contribution in [3.63, 3.8) is 0 Å². The number of hydrogen-bond donors (Lipinski definition) is 2. The van der Waals surface area contributed by atoms with Crippen LogP contribution >= 0.6 is 24.0 Å². The molecule has 7 nitrogen and oxygen atoms in total. The standard InChI is InChI=1S/C19H27FN6O.HI/c1-4-17-24-18-8-6-15(11-26(18)25-17)23-19(21-2)22-10-13-5-7-16(20)14(9-13)12-27-3;/h5,7,9,15H,4,6,8,10-12H2,1-3H3,(H2,21,22,23);1H. The summed E-state index contributed by atoms with van der Waals surface area (Å²) in [5.41, 5.74) is 1.53. The maximum atomic E-state index is 13.7. The molecule has 2 aromatic rings. The number of rotatable bonds is 6. The molecule has 1 aromatic heterocycles. The van der Waals surface area contributed by atoms with E-state index in [9.17, 15) is 4.39 Å². The zero-order valence-electron chi connectivity index (χ0n) is 16.5. The fourth-order valence-corrected chi connectivity index (χ4v) is 3.21. The fourth-order valence-electron chi connectivity index (χ4n) is 3.21. The highest BCUT2D eigenvalue weighted by molar-refractivity contribution is 14.0. The summed E-state index contributed by atoms with van der Waals surface area (Å²) in [5.74, 6) is 2.43. The minimum atomic E-state index is -0.250. The highest BCUT2D eigenvalue weighted by Gasteiger charge is 2.22. The van der Waals surface area contributed by atoms with Crippen LogP contribution in [0, 0.1) is 5.82 Å². The largest absolute Gasteiger partial charge is 0.380 e. The lowest BCUT2D eigenvalue weighted by Crippen LogP contribution is -2.46. The SMILES string of the molecule is CCc1nc2n(n1)CC(NC(=NC)NCc1ccc(F)c(COC)c1)CC2.I. The van der Waals surface area contributed by atoms with Crippen molar-refractivity contribution in [2.75, 3.05) is 14.2 Å². The summed E-state index contributed by atoms with van der Waals surface area (Å²) < 4.78 is 20.8. The Morgan fingerprint density at radius 2 is 2.25 bits per heavy atom. The van der Waals surface area contributed by atoms with Gasteiger partial charge in [-0.25, -0.2) is 14.1 Å². The van der Waals surface area contributed by atoms with Crippen molar-refractivity contribution in [2.24, 2.45) is 4.99 Å². The van der Waals surface area contributed by atoms with Crippen LogP contribution < -0.4 is 10.6 Å². The Balaban J connectivity index is 0.00000280. The van der Waals surface area contributed by atoms with Gasteiger partial charge in [0.15, 0.2) is 11.8 Å². The van der Waals surface area contributed by atoms with Crippen molar-refractivity contribution in [1.29, 1.82) is 0 Å². The van der Waals surface area contributed by atoms with Crippen molar-refractivity contribution in [1.82, 2.24) is 25.4 Å². The van der Waals surface area contributed by atoms with Gasteiger partial charge in [0, 0.05) is 45.1 Å². The molecule has 0 amide bonds. The van der Waals surface area contributed by atoms with Crippen molar-refractivity contribution >= 4 is 29.9 Å². The quantitative estimate of drug-likeness (QED) is 0.361. The third-order valence-corrected chi connectivity index (χ3v) is 4.65. The number of aromatic nitrogens is 3. The number of aryl methyl sites for hydroxylation is 2. The third kappa shape index (κ3) is 5.63. The van der Waals surface area contributed by atoms with E-state index < -0.39 is 0 Å². The van der Waals surface area contributed by atoms with Crippen LogP contribution in [0.2, 0.25) is 0 Å². The molecule has 0 aliphatic carbocycles. The second kappa shape index (κ2) is 10.7. The number of benzene rings is 1. The summed E-state index contributed by atoms with van der Waals surface area (Å²) in [7, 11) is 3.31. The molecular formula is C19H28FIN6O. The monoisotopic (exact) mass is 502 g/mol. The summed E-state index contributed by atoms with van der Waals surface area (Å²) in [6.07, 6.45) is 2.74. The smallest absolute Gasteiger partial charge is 0.191 e. The van der Waals surface area contributed by atoms with Gasteiger partial charge in [-0.2, -0.15) is 5.10 Å². The molecule has 1 aliphatic heterocycles. The molecule has 28 heavy (non-hydrogen) atoms. The van der Waals surface area contributed by atoms with E-state index in [4.69, 9.17) is 4.74 Å². The van der Waals surface area contributed by atoms with Crippen LogP contribution in [-0.2, 0) is 37.3 Å². The van der Waals surface area contributed by atoms with Crippen LogP contribution in [0.4, 0.5) is 4.39 Å². The number of methoxy groups -OCH3 is 1. The van der Waals surface area contributed by atoms with E-state index in [-0.39, 0.29) is 42.4 Å². The van der Waals surface area contributed by atoms with Gasteiger partial charge >= 0.3 is 0 Å². The van der Waals surface area contributed by atoms with Gasteiger partial charge in [0.05, 0.1) is 13.2 Å². The molecule has 2 N–H and O–H groups in total. The highest BCUT2D eigenvalue weighted by atomic mass is 127. The molecule has 0 saturated heterocycles. The predicted octanol–water partition coefficient (Wildman–Crippen LogP) is 2.42. The van der Waals surface area contributed by atoms with Gasteiger partial charge in [-0.15, -0.1) is 24.0 Å². The average molecular weight is 502 g/mol. The normalized spacial score (nSPS) is 16.3. The summed E-state index contributed by atoms with van der Waals surface area (Å²) >= 11 is 0. The molecule has 0 spiro atoms. The van der Waals surface area contributed by atoms with Crippen LogP contribution in [-0.4, -0.2) is 40.9 Å². The third-order valence-electron chi connectivity index (χ3n) is 4.65. The number of halogens is 2. The zero-order chi connectivity index (χ0) is 19.2. The first kappa shape index (κ1) is 22.5. The number of guanidine groups is 1. The molecule has 3 rings (SSSR count). The van der Waals surface area contributed by atoms with Gasteiger partial charge in [0.25, 0.3) is 0 Å². The molecule has 2 heterocycles. The Kier molecular flexibility index (Phi) is 8.61. The Morgan fingerprint density at radius 1 is 1.43 bits per heavy atom. The van der Waals surface area contributed by atoms with Crippen LogP contribution in [0.1, 0.15) is 36.1 Å². The van der Waals surface area contributed by atoms with Gasteiger partial charge in [-0.1, -0.05) is 13.0 Å². The number of aliphatic imine (C=N–C) groups is 1. The fraction of sp³-hybridized carbons (Fsp3) is 0.526. The summed E-state index contributed by atoms with van der Waals surface area (Å²) in [4.78, 5) is 8.85. The van der Waals surface area contributed by atoms with Crippen molar-refractivity contribution < 1.29 is 9.13 Å². The van der Waals surface area contributed by atoms with E-state index in [1.54, 1.807) is 20.2 Å². The molecule has 1 aromatic carbocycles. The number of ether oxygens (including phenoxy) is 1. The minimum absolute atomic E-state index is 0.